The quantitative estimate of drug-likeness (QED) is 0.481. The number of carbonyl (C=O) groups excluding carboxylic acids is 1. The zero-order valence-corrected chi connectivity index (χ0v) is 22.4. The van der Waals surface area contributed by atoms with Crippen molar-refractivity contribution in [3.63, 3.8) is 0 Å². The van der Waals surface area contributed by atoms with E-state index in [-0.39, 0.29) is 41.2 Å². The highest BCUT2D eigenvalue weighted by molar-refractivity contribution is 7.92. The molecule has 0 unspecified atom stereocenters. The molecule has 0 spiro atoms. The number of nitrogens with zero attached hydrogens (tertiary/aromatic N) is 1. The fourth-order valence-corrected chi connectivity index (χ4v) is 8.00. The molecule has 8 nitrogen and oxygen atoms in total. The number of ether oxygens (including phenoxy) is 3. The SMILES string of the molecule is O=C(OCc1ccccc1)N(CC1CCOCC1)[C@@H]1C[C@H]2CN[C@H](S(=O)(=O)c3ccc(OC(F)F)cc3)[C@@H]2C1. The predicted molar refractivity (Wildman–Crippen MR) is 139 cm³/mol. The van der Waals surface area contributed by atoms with E-state index < -0.39 is 21.8 Å². The summed E-state index contributed by atoms with van der Waals surface area (Å²) in [6.45, 7) is -0.395. The summed E-state index contributed by atoms with van der Waals surface area (Å²) in [6.07, 6.45) is 2.58. The number of carbonyl (C=O) groups is 1. The largest absolute Gasteiger partial charge is 0.445 e. The van der Waals surface area contributed by atoms with E-state index in [9.17, 15) is 22.0 Å². The van der Waals surface area contributed by atoms with E-state index in [1.54, 1.807) is 0 Å². The maximum Gasteiger partial charge on any atom is 0.410 e. The average Bonchev–Trinajstić information content (AvgIpc) is 3.53. The van der Waals surface area contributed by atoms with E-state index >= 15 is 0 Å². The molecule has 3 fully saturated rings. The van der Waals surface area contributed by atoms with Gasteiger partial charge in [-0.2, -0.15) is 8.78 Å². The van der Waals surface area contributed by atoms with Crippen LogP contribution < -0.4 is 10.1 Å². The average molecular weight is 565 g/mol. The molecule has 2 aliphatic heterocycles. The highest BCUT2D eigenvalue weighted by Gasteiger charge is 2.51. The predicted octanol–water partition coefficient (Wildman–Crippen LogP) is 4.45. The molecule has 3 aliphatic rings. The number of fused-ring (bicyclic) bond motifs is 1. The van der Waals surface area contributed by atoms with Crippen LogP contribution in [0.1, 0.15) is 31.2 Å². The topological polar surface area (TPSA) is 94.2 Å². The van der Waals surface area contributed by atoms with Gasteiger partial charge >= 0.3 is 12.7 Å². The molecule has 4 atom stereocenters. The standard InChI is InChI=1S/C28H34F2N2O6S/c29-27(30)38-23-6-8-24(9-7-23)39(34,35)26-25-15-22(14-21(25)16-31-26)32(17-19-10-12-36-13-11-19)28(33)37-18-20-4-2-1-3-5-20/h1-9,19,21-22,25-27,31H,10-18H2/t21-,22+,25+,26+/m0/s1. The molecule has 2 saturated heterocycles. The van der Waals surface area contributed by atoms with Crippen LogP contribution in [0.25, 0.3) is 0 Å². The number of hydrogen-bond donors (Lipinski definition) is 1. The van der Waals surface area contributed by atoms with Gasteiger partial charge in [-0.15, -0.1) is 0 Å². The Morgan fingerprint density at radius 3 is 2.46 bits per heavy atom. The second-order valence-corrected chi connectivity index (χ2v) is 12.6. The molecule has 1 amide bonds. The Labute approximate surface area is 227 Å². The lowest BCUT2D eigenvalue weighted by Crippen LogP contribution is -2.45. The second-order valence-electron chi connectivity index (χ2n) is 10.5. The van der Waals surface area contributed by atoms with Gasteiger partial charge < -0.3 is 24.4 Å². The van der Waals surface area contributed by atoms with Gasteiger partial charge in [0.25, 0.3) is 0 Å². The highest BCUT2D eigenvalue weighted by Crippen LogP contribution is 2.43. The second kappa shape index (κ2) is 12.2. The number of hydrogen-bond acceptors (Lipinski definition) is 7. The molecule has 0 aromatic heterocycles. The maximum absolute atomic E-state index is 13.5. The molecule has 2 heterocycles. The lowest BCUT2D eigenvalue weighted by Gasteiger charge is -2.34. The highest BCUT2D eigenvalue weighted by atomic mass is 32.2. The molecule has 212 valence electrons. The smallest absolute Gasteiger partial charge is 0.410 e. The normalized spacial score (nSPS) is 25.4. The molecule has 0 radical (unpaired) electrons. The number of benzene rings is 2. The van der Waals surface area contributed by atoms with Crippen LogP contribution >= 0.6 is 0 Å². The number of nitrogens with one attached hydrogen (secondary N) is 1. The molecule has 1 aliphatic carbocycles. The first kappa shape index (κ1) is 27.8. The zero-order chi connectivity index (χ0) is 27.4. The summed E-state index contributed by atoms with van der Waals surface area (Å²) in [7, 11) is -3.79. The number of alkyl halides is 2. The van der Waals surface area contributed by atoms with Crippen LogP contribution in [0, 0.1) is 17.8 Å². The lowest BCUT2D eigenvalue weighted by molar-refractivity contribution is -0.0498. The van der Waals surface area contributed by atoms with E-state index in [1.807, 2.05) is 35.2 Å². The van der Waals surface area contributed by atoms with Gasteiger partial charge in [-0.05, 0) is 79.8 Å². The molecule has 0 bridgehead atoms. The summed E-state index contributed by atoms with van der Waals surface area (Å²) in [5, 5.41) is 2.35. The Bertz CT molecular complexity index is 1210. The van der Waals surface area contributed by atoms with Crippen molar-refractivity contribution >= 4 is 15.9 Å². The van der Waals surface area contributed by atoms with Crippen molar-refractivity contribution in [1.82, 2.24) is 10.2 Å². The van der Waals surface area contributed by atoms with Gasteiger partial charge in [-0.25, -0.2) is 13.2 Å². The van der Waals surface area contributed by atoms with Crippen LogP contribution in [0.15, 0.2) is 59.5 Å². The van der Waals surface area contributed by atoms with Crippen molar-refractivity contribution in [2.24, 2.45) is 17.8 Å². The van der Waals surface area contributed by atoms with Crippen LogP contribution in [0.3, 0.4) is 0 Å². The van der Waals surface area contributed by atoms with Crippen molar-refractivity contribution in [3.05, 3.63) is 60.2 Å². The van der Waals surface area contributed by atoms with Crippen molar-refractivity contribution in [3.8, 4) is 5.75 Å². The minimum Gasteiger partial charge on any atom is -0.445 e. The van der Waals surface area contributed by atoms with Crippen LogP contribution in [0.2, 0.25) is 0 Å². The molecule has 11 heteroatoms. The Kier molecular flexibility index (Phi) is 8.68. The zero-order valence-electron chi connectivity index (χ0n) is 21.6. The van der Waals surface area contributed by atoms with Crippen LogP contribution in [0.5, 0.6) is 5.75 Å². The summed E-state index contributed by atoms with van der Waals surface area (Å²) in [6, 6.07) is 14.5. The monoisotopic (exact) mass is 564 g/mol. The van der Waals surface area contributed by atoms with Crippen molar-refractivity contribution in [1.29, 1.82) is 0 Å². The summed E-state index contributed by atoms with van der Waals surface area (Å²) in [4.78, 5) is 15.2. The molecular formula is C28H34F2N2O6S. The van der Waals surface area contributed by atoms with Gasteiger partial charge in [0.15, 0.2) is 9.84 Å². The summed E-state index contributed by atoms with van der Waals surface area (Å²) in [5.41, 5.74) is 0.903. The Morgan fingerprint density at radius 1 is 1.05 bits per heavy atom. The van der Waals surface area contributed by atoms with Gasteiger partial charge in [-0.1, -0.05) is 30.3 Å². The first-order valence-corrected chi connectivity index (χ1v) is 14.9. The minimum absolute atomic E-state index is 0.0482. The summed E-state index contributed by atoms with van der Waals surface area (Å²) in [5.74, 6) is 0.112. The number of halogens is 2. The number of sulfone groups is 1. The molecule has 1 saturated carbocycles. The third kappa shape index (κ3) is 6.53. The van der Waals surface area contributed by atoms with E-state index in [0.717, 1.165) is 18.4 Å². The van der Waals surface area contributed by atoms with Gasteiger partial charge in [-0.3, -0.25) is 0 Å². The van der Waals surface area contributed by atoms with Gasteiger partial charge in [0.05, 0.1) is 4.90 Å². The molecule has 5 rings (SSSR count). The number of rotatable bonds is 9. The van der Waals surface area contributed by atoms with Crippen molar-refractivity contribution < 1.29 is 36.2 Å². The van der Waals surface area contributed by atoms with Crippen molar-refractivity contribution in [2.75, 3.05) is 26.3 Å². The van der Waals surface area contributed by atoms with Gasteiger partial charge in [0.2, 0.25) is 0 Å². The molecule has 2 aromatic carbocycles. The van der Waals surface area contributed by atoms with E-state index in [1.165, 1.54) is 24.3 Å². The molecule has 39 heavy (non-hydrogen) atoms. The fraction of sp³-hybridized carbons (Fsp3) is 0.536. The molecule has 1 N–H and O–H groups in total. The van der Waals surface area contributed by atoms with E-state index in [0.29, 0.717) is 45.1 Å². The molecule has 2 aromatic rings. The lowest BCUT2D eigenvalue weighted by atomic mass is 9.98. The third-order valence-electron chi connectivity index (χ3n) is 8.08. The van der Waals surface area contributed by atoms with Crippen LogP contribution in [0.4, 0.5) is 13.6 Å². The van der Waals surface area contributed by atoms with Crippen molar-refractivity contribution in [2.45, 2.75) is 55.2 Å². The maximum atomic E-state index is 13.5. The Balaban J connectivity index is 1.29. The summed E-state index contributed by atoms with van der Waals surface area (Å²) >= 11 is 0. The van der Waals surface area contributed by atoms with Crippen LogP contribution in [-0.2, 0) is 25.9 Å². The van der Waals surface area contributed by atoms with Crippen LogP contribution in [-0.4, -0.2) is 63.7 Å². The first-order chi connectivity index (χ1) is 18.8. The first-order valence-electron chi connectivity index (χ1n) is 13.4. The minimum atomic E-state index is -3.79. The number of amides is 1. The molecular weight excluding hydrogens is 530 g/mol. The third-order valence-corrected chi connectivity index (χ3v) is 10.2. The Morgan fingerprint density at radius 2 is 1.77 bits per heavy atom. The van der Waals surface area contributed by atoms with Gasteiger partial charge in [0.1, 0.15) is 17.7 Å². The van der Waals surface area contributed by atoms with E-state index in [2.05, 4.69) is 10.1 Å². The fourth-order valence-electron chi connectivity index (χ4n) is 6.09. The Hall–Kier alpha value is -2.76. The van der Waals surface area contributed by atoms with E-state index in [4.69, 9.17) is 9.47 Å². The van der Waals surface area contributed by atoms with Gasteiger partial charge in [0, 0.05) is 25.8 Å². The summed E-state index contributed by atoms with van der Waals surface area (Å²) < 4.78 is 67.6.